The molecule has 0 bridgehead atoms. The third-order valence-electron chi connectivity index (χ3n) is 2.31. The predicted molar refractivity (Wildman–Crippen MR) is 66.5 cm³/mol. The van der Waals surface area contributed by atoms with E-state index in [1.54, 1.807) is 37.3 Å². The first-order valence-corrected chi connectivity index (χ1v) is 5.41. The molecule has 2 rings (SSSR count). The Bertz CT molecular complexity index is 572. The van der Waals surface area contributed by atoms with Crippen molar-refractivity contribution in [3.63, 3.8) is 0 Å². The fourth-order valence-electron chi connectivity index (χ4n) is 1.42. The van der Waals surface area contributed by atoms with Gasteiger partial charge in [-0.05, 0) is 31.2 Å². The quantitative estimate of drug-likeness (QED) is 0.816. The second-order valence-electron chi connectivity index (χ2n) is 3.72. The maximum atomic E-state index is 13.3. The van der Waals surface area contributed by atoms with E-state index in [9.17, 15) is 9.18 Å². The van der Waals surface area contributed by atoms with E-state index in [-0.39, 0.29) is 11.4 Å². The molecule has 1 aromatic heterocycles. The highest BCUT2D eigenvalue weighted by Gasteiger charge is 2.07. The molecule has 4 nitrogen and oxygen atoms in total. The molecule has 1 amide bonds. The minimum absolute atomic E-state index is 0.207. The van der Waals surface area contributed by atoms with Gasteiger partial charge in [0.15, 0.2) is 0 Å². The van der Waals surface area contributed by atoms with Gasteiger partial charge in [0, 0.05) is 5.69 Å². The number of rotatable bonds is 3. The number of pyridine rings is 1. The second-order valence-corrected chi connectivity index (χ2v) is 3.72. The number of anilines is 1. The van der Waals surface area contributed by atoms with Crippen molar-refractivity contribution < 1.29 is 9.18 Å². The van der Waals surface area contributed by atoms with Crippen LogP contribution in [0.15, 0.2) is 42.5 Å². The Morgan fingerprint density at radius 1 is 1.17 bits per heavy atom. The summed E-state index contributed by atoms with van der Waals surface area (Å²) in [6.45, 7) is 1.79. The van der Waals surface area contributed by atoms with Crippen molar-refractivity contribution in [3.8, 4) is 0 Å². The summed E-state index contributed by atoms with van der Waals surface area (Å²) < 4.78 is 13.3. The maximum absolute atomic E-state index is 13.3. The van der Waals surface area contributed by atoms with Crippen LogP contribution >= 0.6 is 0 Å². The lowest BCUT2D eigenvalue weighted by atomic mass is 10.3. The van der Waals surface area contributed by atoms with Crippen LogP contribution in [-0.2, 0) is 0 Å². The van der Waals surface area contributed by atoms with Crippen LogP contribution < -0.4 is 10.9 Å². The fourth-order valence-corrected chi connectivity index (χ4v) is 1.42. The van der Waals surface area contributed by atoms with Gasteiger partial charge in [0.2, 0.25) is 0 Å². The van der Waals surface area contributed by atoms with E-state index in [0.29, 0.717) is 0 Å². The average molecular weight is 245 g/mol. The first-order valence-electron chi connectivity index (χ1n) is 5.41. The predicted octanol–water partition coefficient (Wildman–Crippen LogP) is 2.29. The van der Waals surface area contributed by atoms with Crippen molar-refractivity contribution in [2.24, 2.45) is 0 Å². The molecule has 0 radical (unpaired) electrons. The Balaban J connectivity index is 2.03. The zero-order chi connectivity index (χ0) is 13.0. The zero-order valence-corrected chi connectivity index (χ0v) is 9.77. The number of para-hydroxylation sites is 1. The van der Waals surface area contributed by atoms with Crippen molar-refractivity contribution in [2.75, 3.05) is 5.43 Å². The molecule has 1 heterocycles. The summed E-state index contributed by atoms with van der Waals surface area (Å²) in [7, 11) is 0. The van der Waals surface area contributed by atoms with Crippen LogP contribution in [-0.4, -0.2) is 10.9 Å². The Morgan fingerprint density at radius 3 is 2.67 bits per heavy atom. The van der Waals surface area contributed by atoms with Gasteiger partial charge in [0.25, 0.3) is 5.91 Å². The Morgan fingerprint density at radius 2 is 1.94 bits per heavy atom. The first kappa shape index (κ1) is 12.0. The molecule has 2 N–H and O–H groups in total. The average Bonchev–Trinajstić information content (AvgIpc) is 2.37. The van der Waals surface area contributed by atoms with Gasteiger partial charge in [0.1, 0.15) is 11.5 Å². The van der Waals surface area contributed by atoms with Gasteiger partial charge in [-0.2, -0.15) is 0 Å². The van der Waals surface area contributed by atoms with Crippen LogP contribution in [0.4, 0.5) is 10.1 Å². The maximum Gasteiger partial charge on any atom is 0.288 e. The van der Waals surface area contributed by atoms with Gasteiger partial charge >= 0.3 is 0 Å². The van der Waals surface area contributed by atoms with Crippen LogP contribution in [0, 0.1) is 12.7 Å². The molecule has 0 atom stereocenters. The Labute approximate surface area is 104 Å². The summed E-state index contributed by atoms with van der Waals surface area (Å²) in [6, 6.07) is 11.2. The van der Waals surface area contributed by atoms with Gasteiger partial charge in [-0.25, -0.2) is 9.37 Å². The standard InChI is InChI=1S/C13H12FN3O/c1-9-5-4-8-12(15-9)13(18)17-16-11-7-3-2-6-10(11)14/h2-8,16H,1H3,(H,17,18). The van der Waals surface area contributed by atoms with Crippen molar-refractivity contribution in [1.29, 1.82) is 0 Å². The molecular formula is C13H12FN3O. The van der Waals surface area contributed by atoms with Crippen LogP contribution in [0.2, 0.25) is 0 Å². The van der Waals surface area contributed by atoms with E-state index < -0.39 is 11.7 Å². The normalized spacial score (nSPS) is 9.89. The molecule has 0 fully saturated rings. The summed E-state index contributed by atoms with van der Waals surface area (Å²) in [4.78, 5) is 15.8. The minimum Gasteiger partial charge on any atom is -0.295 e. The molecule has 18 heavy (non-hydrogen) atoms. The largest absolute Gasteiger partial charge is 0.295 e. The molecule has 0 aliphatic heterocycles. The molecule has 92 valence electrons. The van der Waals surface area contributed by atoms with E-state index in [1.807, 2.05) is 0 Å². The Kier molecular flexibility index (Phi) is 3.52. The number of halogens is 1. The van der Waals surface area contributed by atoms with Gasteiger partial charge < -0.3 is 0 Å². The summed E-state index contributed by atoms with van der Waals surface area (Å²) in [5.41, 5.74) is 6.14. The van der Waals surface area contributed by atoms with E-state index in [2.05, 4.69) is 15.8 Å². The minimum atomic E-state index is -0.435. The lowest BCUT2D eigenvalue weighted by Crippen LogP contribution is -2.30. The number of aryl methyl sites for hydroxylation is 1. The van der Waals surface area contributed by atoms with Crippen LogP contribution in [0.3, 0.4) is 0 Å². The monoisotopic (exact) mass is 245 g/mol. The number of aromatic nitrogens is 1. The molecule has 0 aliphatic carbocycles. The molecular weight excluding hydrogens is 233 g/mol. The number of nitrogens with zero attached hydrogens (tertiary/aromatic N) is 1. The Hall–Kier alpha value is -2.43. The summed E-state index contributed by atoms with van der Waals surface area (Å²) in [5, 5.41) is 0. The van der Waals surface area contributed by atoms with Gasteiger partial charge in [-0.15, -0.1) is 0 Å². The number of hydrogen-bond donors (Lipinski definition) is 2. The molecule has 0 unspecified atom stereocenters. The smallest absolute Gasteiger partial charge is 0.288 e. The summed E-state index contributed by atoms with van der Waals surface area (Å²) >= 11 is 0. The molecule has 5 heteroatoms. The third kappa shape index (κ3) is 2.82. The van der Waals surface area contributed by atoms with Gasteiger partial charge in [-0.3, -0.25) is 15.6 Å². The molecule has 0 spiro atoms. The highest BCUT2D eigenvalue weighted by molar-refractivity contribution is 5.93. The van der Waals surface area contributed by atoms with Crippen LogP contribution in [0.1, 0.15) is 16.2 Å². The fraction of sp³-hybridized carbons (Fsp3) is 0.0769. The van der Waals surface area contributed by atoms with Gasteiger partial charge in [-0.1, -0.05) is 18.2 Å². The van der Waals surface area contributed by atoms with E-state index >= 15 is 0 Å². The number of nitrogens with one attached hydrogen (secondary N) is 2. The first-order chi connectivity index (χ1) is 8.66. The molecule has 0 aliphatic rings. The zero-order valence-electron chi connectivity index (χ0n) is 9.77. The van der Waals surface area contributed by atoms with E-state index in [4.69, 9.17) is 0 Å². The number of hydrazine groups is 1. The highest BCUT2D eigenvalue weighted by Crippen LogP contribution is 2.10. The van der Waals surface area contributed by atoms with Crippen LogP contribution in [0.25, 0.3) is 0 Å². The molecule has 0 saturated carbocycles. The molecule has 1 aromatic carbocycles. The topological polar surface area (TPSA) is 54.0 Å². The van der Waals surface area contributed by atoms with E-state index in [1.165, 1.54) is 12.1 Å². The van der Waals surface area contributed by atoms with Crippen molar-refractivity contribution >= 4 is 11.6 Å². The van der Waals surface area contributed by atoms with Crippen LogP contribution in [0.5, 0.6) is 0 Å². The second kappa shape index (κ2) is 5.27. The summed E-state index contributed by atoms with van der Waals surface area (Å²) in [5.74, 6) is -0.850. The summed E-state index contributed by atoms with van der Waals surface area (Å²) in [6.07, 6.45) is 0. The number of benzene rings is 1. The molecule has 0 saturated heterocycles. The van der Waals surface area contributed by atoms with E-state index in [0.717, 1.165) is 5.69 Å². The highest BCUT2D eigenvalue weighted by atomic mass is 19.1. The number of carbonyl (C=O) groups is 1. The van der Waals surface area contributed by atoms with Gasteiger partial charge in [0.05, 0.1) is 5.69 Å². The van der Waals surface area contributed by atoms with Crippen molar-refractivity contribution in [1.82, 2.24) is 10.4 Å². The number of amides is 1. The lowest BCUT2D eigenvalue weighted by Gasteiger charge is -2.08. The van der Waals surface area contributed by atoms with Crippen molar-refractivity contribution in [2.45, 2.75) is 6.92 Å². The molecule has 2 aromatic rings. The number of carbonyl (C=O) groups excluding carboxylic acids is 1. The van der Waals surface area contributed by atoms with Crippen molar-refractivity contribution in [3.05, 3.63) is 59.7 Å². The SMILES string of the molecule is Cc1cccc(C(=O)NNc2ccccc2F)n1. The lowest BCUT2D eigenvalue weighted by molar-refractivity contribution is 0.0957. The third-order valence-corrected chi connectivity index (χ3v) is 2.31. The number of hydrogen-bond acceptors (Lipinski definition) is 3.